The maximum Gasteiger partial charge on any atom is 0.263 e. The highest BCUT2D eigenvalue weighted by molar-refractivity contribution is 5.81. The second-order valence-corrected chi connectivity index (χ2v) is 6.70. The summed E-state index contributed by atoms with van der Waals surface area (Å²) in [6, 6.07) is 9.68. The number of rotatable bonds is 4. The van der Waals surface area contributed by atoms with Crippen molar-refractivity contribution in [3.8, 4) is 11.8 Å². The summed E-state index contributed by atoms with van der Waals surface area (Å²) in [4.78, 5) is 17.0. The normalized spacial score (nSPS) is 20.6. The Morgan fingerprint density at radius 2 is 1.79 bits per heavy atom. The van der Waals surface area contributed by atoms with Crippen molar-refractivity contribution in [2.45, 2.75) is 44.8 Å². The maximum absolute atomic E-state index is 12.6. The van der Waals surface area contributed by atoms with E-state index in [2.05, 4.69) is 11.0 Å². The number of carbonyl (C=O) groups is 1. The highest BCUT2D eigenvalue weighted by Crippen LogP contribution is 2.24. The molecule has 2 fully saturated rings. The highest BCUT2D eigenvalue weighted by Gasteiger charge is 2.30. The van der Waals surface area contributed by atoms with Gasteiger partial charge in [-0.25, -0.2) is 0 Å². The van der Waals surface area contributed by atoms with E-state index in [0.29, 0.717) is 11.3 Å². The Morgan fingerprint density at radius 3 is 2.38 bits per heavy atom. The molecule has 0 spiro atoms. The number of hydrogen-bond donors (Lipinski definition) is 0. The minimum absolute atomic E-state index is 0.0467. The molecule has 1 saturated carbocycles. The molecule has 1 saturated heterocycles. The fourth-order valence-electron chi connectivity index (χ4n) is 3.70. The van der Waals surface area contributed by atoms with E-state index < -0.39 is 6.10 Å². The summed E-state index contributed by atoms with van der Waals surface area (Å²) in [6.07, 6.45) is 4.81. The van der Waals surface area contributed by atoms with Crippen molar-refractivity contribution in [2.75, 3.05) is 26.2 Å². The van der Waals surface area contributed by atoms with Crippen LogP contribution in [0.1, 0.15) is 38.2 Å². The fourth-order valence-corrected chi connectivity index (χ4v) is 3.70. The third-order valence-corrected chi connectivity index (χ3v) is 5.11. The van der Waals surface area contributed by atoms with Crippen molar-refractivity contribution in [2.24, 2.45) is 0 Å². The van der Waals surface area contributed by atoms with Crippen LogP contribution in [0.25, 0.3) is 0 Å². The molecule has 1 atom stereocenters. The second kappa shape index (κ2) is 7.67. The molecule has 3 rings (SSSR count). The zero-order chi connectivity index (χ0) is 16.9. The van der Waals surface area contributed by atoms with Gasteiger partial charge in [0.1, 0.15) is 5.75 Å². The molecule has 1 heterocycles. The van der Waals surface area contributed by atoms with E-state index in [9.17, 15) is 4.79 Å². The van der Waals surface area contributed by atoms with E-state index in [1.807, 2.05) is 4.90 Å². The van der Waals surface area contributed by atoms with E-state index in [1.165, 1.54) is 25.7 Å². The third kappa shape index (κ3) is 3.88. The molecule has 5 heteroatoms. The molecule has 2 aliphatic rings. The largest absolute Gasteiger partial charge is 0.481 e. The van der Waals surface area contributed by atoms with Gasteiger partial charge in [-0.05, 0) is 44.0 Å². The predicted octanol–water partition coefficient (Wildman–Crippen LogP) is 2.41. The molecular formula is C19H25N3O2. The lowest BCUT2D eigenvalue weighted by Crippen LogP contribution is -2.53. The minimum Gasteiger partial charge on any atom is -0.481 e. The molecule has 5 nitrogen and oxygen atoms in total. The highest BCUT2D eigenvalue weighted by atomic mass is 16.5. The van der Waals surface area contributed by atoms with Crippen LogP contribution in [0.4, 0.5) is 0 Å². The summed E-state index contributed by atoms with van der Waals surface area (Å²) in [5, 5.41) is 8.81. The van der Waals surface area contributed by atoms with Crippen LogP contribution in [0.2, 0.25) is 0 Å². The summed E-state index contributed by atoms with van der Waals surface area (Å²) in [7, 11) is 0. The van der Waals surface area contributed by atoms with Gasteiger partial charge in [-0.3, -0.25) is 9.69 Å². The molecule has 0 N–H and O–H groups in total. The van der Waals surface area contributed by atoms with Crippen LogP contribution in [0, 0.1) is 11.3 Å². The first-order valence-electron chi connectivity index (χ1n) is 8.87. The van der Waals surface area contributed by atoms with Gasteiger partial charge >= 0.3 is 0 Å². The molecule has 0 bridgehead atoms. The number of ether oxygens (including phenoxy) is 1. The van der Waals surface area contributed by atoms with Gasteiger partial charge in [0.2, 0.25) is 0 Å². The Bertz CT molecular complexity index is 594. The van der Waals surface area contributed by atoms with Gasteiger partial charge in [0.05, 0.1) is 11.6 Å². The van der Waals surface area contributed by atoms with Gasteiger partial charge in [0.25, 0.3) is 5.91 Å². The number of nitriles is 1. The molecular weight excluding hydrogens is 302 g/mol. The van der Waals surface area contributed by atoms with Gasteiger partial charge in [-0.15, -0.1) is 0 Å². The lowest BCUT2D eigenvalue weighted by Gasteiger charge is -2.38. The van der Waals surface area contributed by atoms with Crippen LogP contribution in [-0.4, -0.2) is 54.0 Å². The quantitative estimate of drug-likeness (QED) is 0.852. The van der Waals surface area contributed by atoms with Crippen LogP contribution in [0.15, 0.2) is 24.3 Å². The van der Waals surface area contributed by atoms with Crippen molar-refractivity contribution < 1.29 is 9.53 Å². The van der Waals surface area contributed by atoms with E-state index in [4.69, 9.17) is 10.00 Å². The van der Waals surface area contributed by atoms with Gasteiger partial charge in [-0.2, -0.15) is 5.26 Å². The van der Waals surface area contributed by atoms with E-state index >= 15 is 0 Å². The minimum atomic E-state index is -0.504. The number of piperazine rings is 1. The average molecular weight is 327 g/mol. The van der Waals surface area contributed by atoms with Crippen LogP contribution in [0.3, 0.4) is 0 Å². The van der Waals surface area contributed by atoms with Gasteiger partial charge in [0.15, 0.2) is 6.10 Å². The Kier molecular flexibility index (Phi) is 5.37. The van der Waals surface area contributed by atoms with Crippen LogP contribution >= 0.6 is 0 Å². The Morgan fingerprint density at radius 1 is 1.17 bits per heavy atom. The zero-order valence-corrected chi connectivity index (χ0v) is 14.3. The summed E-state index contributed by atoms with van der Waals surface area (Å²) in [5.41, 5.74) is 0.587. The average Bonchev–Trinajstić information content (AvgIpc) is 3.16. The summed E-state index contributed by atoms with van der Waals surface area (Å²) < 4.78 is 5.74. The molecule has 1 aromatic rings. The maximum atomic E-state index is 12.6. The lowest BCUT2D eigenvalue weighted by molar-refractivity contribution is -0.140. The molecule has 1 unspecified atom stereocenters. The first-order valence-corrected chi connectivity index (χ1v) is 8.87. The summed E-state index contributed by atoms with van der Waals surface area (Å²) in [5.74, 6) is 0.671. The molecule has 1 aromatic carbocycles. The molecule has 128 valence electrons. The van der Waals surface area contributed by atoms with E-state index in [0.717, 1.165) is 32.2 Å². The van der Waals surface area contributed by atoms with Gasteiger partial charge in [-0.1, -0.05) is 12.8 Å². The van der Waals surface area contributed by atoms with Crippen molar-refractivity contribution in [1.82, 2.24) is 9.80 Å². The molecule has 0 radical (unpaired) electrons. The topological polar surface area (TPSA) is 56.6 Å². The first kappa shape index (κ1) is 16.8. The van der Waals surface area contributed by atoms with E-state index in [-0.39, 0.29) is 5.91 Å². The van der Waals surface area contributed by atoms with Crippen LogP contribution < -0.4 is 4.74 Å². The molecule has 1 aliphatic heterocycles. The standard InChI is InChI=1S/C19H25N3O2/c1-15(24-18-8-6-16(14-20)7-9-18)19(23)22-12-10-21(11-13-22)17-4-2-3-5-17/h6-9,15,17H,2-5,10-13H2,1H3. The predicted molar refractivity (Wildman–Crippen MR) is 91.7 cm³/mol. The van der Waals surface area contributed by atoms with Crippen LogP contribution in [0.5, 0.6) is 5.75 Å². The summed E-state index contributed by atoms with van der Waals surface area (Å²) >= 11 is 0. The van der Waals surface area contributed by atoms with Crippen LogP contribution in [-0.2, 0) is 4.79 Å². The number of nitrogens with zero attached hydrogens (tertiary/aromatic N) is 3. The van der Waals surface area contributed by atoms with Crippen molar-refractivity contribution >= 4 is 5.91 Å². The first-order chi connectivity index (χ1) is 11.7. The molecule has 0 aromatic heterocycles. The second-order valence-electron chi connectivity index (χ2n) is 6.70. The smallest absolute Gasteiger partial charge is 0.263 e. The monoisotopic (exact) mass is 327 g/mol. The number of carbonyl (C=O) groups excluding carboxylic acids is 1. The third-order valence-electron chi connectivity index (χ3n) is 5.11. The lowest BCUT2D eigenvalue weighted by atomic mass is 10.1. The SMILES string of the molecule is CC(Oc1ccc(C#N)cc1)C(=O)N1CCN(C2CCCC2)CC1. The molecule has 1 aliphatic carbocycles. The Hall–Kier alpha value is -2.06. The van der Waals surface area contributed by atoms with Crippen molar-refractivity contribution in [3.63, 3.8) is 0 Å². The van der Waals surface area contributed by atoms with E-state index in [1.54, 1.807) is 31.2 Å². The molecule has 24 heavy (non-hydrogen) atoms. The van der Waals surface area contributed by atoms with Crippen molar-refractivity contribution in [1.29, 1.82) is 5.26 Å². The van der Waals surface area contributed by atoms with Crippen molar-refractivity contribution in [3.05, 3.63) is 29.8 Å². The number of hydrogen-bond acceptors (Lipinski definition) is 4. The fraction of sp³-hybridized carbons (Fsp3) is 0.579. The summed E-state index contributed by atoms with van der Waals surface area (Å²) in [6.45, 7) is 5.32. The zero-order valence-electron chi connectivity index (χ0n) is 14.3. The molecule has 1 amide bonds. The van der Waals surface area contributed by atoms with Gasteiger partial charge < -0.3 is 9.64 Å². The number of benzene rings is 1. The van der Waals surface area contributed by atoms with Gasteiger partial charge in [0, 0.05) is 32.2 Å². The number of amides is 1. The Balaban J connectivity index is 1.49. The Labute approximate surface area is 143 Å².